The summed E-state index contributed by atoms with van der Waals surface area (Å²) in [7, 11) is 0. The lowest BCUT2D eigenvalue weighted by molar-refractivity contribution is 0.0256. The first kappa shape index (κ1) is 25.4. The lowest BCUT2D eigenvalue weighted by Crippen LogP contribution is -2.63. The van der Waals surface area contributed by atoms with Crippen molar-refractivity contribution in [2.24, 2.45) is 11.8 Å². The maximum atomic E-state index is 6.47. The number of hydrogen-bond donors (Lipinski definition) is 2. The van der Waals surface area contributed by atoms with Gasteiger partial charge in [0.25, 0.3) is 0 Å². The molecule has 1 aromatic rings. The number of rotatable bonds is 6. The van der Waals surface area contributed by atoms with Gasteiger partial charge in [-0.3, -0.25) is 0 Å². The molecule has 0 spiro atoms. The van der Waals surface area contributed by atoms with Crippen LogP contribution in [-0.4, -0.2) is 34.4 Å². The predicted molar refractivity (Wildman–Crippen MR) is 135 cm³/mol. The van der Waals surface area contributed by atoms with Crippen molar-refractivity contribution in [3.8, 4) is 11.5 Å². The van der Waals surface area contributed by atoms with Crippen LogP contribution in [0.3, 0.4) is 0 Å². The van der Waals surface area contributed by atoms with Crippen LogP contribution >= 0.6 is 0 Å². The summed E-state index contributed by atoms with van der Waals surface area (Å²) in [6.45, 7) is 23.0. The number of hydrogen-bond acceptors (Lipinski definition) is 4. The molecule has 182 valence electrons. The summed E-state index contributed by atoms with van der Waals surface area (Å²) in [5.41, 5.74) is 0.298. The van der Waals surface area contributed by atoms with E-state index in [9.17, 15) is 0 Å². The molecule has 2 aliphatic heterocycles. The van der Waals surface area contributed by atoms with Crippen LogP contribution in [0.15, 0.2) is 24.3 Å². The van der Waals surface area contributed by atoms with Gasteiger partial charge in [0.2, 0.25) is 0 Å². The Morgan fingerprint density at radius 3 is 1.22 bits per heavy atom. The summed E-state index contributed by atoms with van der Waals surface area (Å²) >= 11 is 0. The number of ether oxygens (including phenoxy) is 2. The molecule has 32 heavy (non-hydrogen) atoms. The van der Waals surface area contributed by atoms with Crippen LogP contribution in [0.2, 0.25) is 0 Å². The van der Waals surface area contributed by atoms with Crippen LogP contribution in [-0.2, 0) is 0 Å². The molecule has 2 saturated heterocycles. The molecule has 3 rings (SSSR count). The van der Waals surface area contributed by atoms with Crippen molar-refractivity contribution in [3.05, 3.63) is 24.3 Å². The molecule has 0 bridgehead atoms. The second-order valence-corrected chi connectivity index (χ2v) is 12.9. The van der Waals surface area contributed by atoms with Crippen molar-refractivity contribution in [1.29, 1.82) is 0 Å². The molecule has 0 radical (unpaired) electrons. The van der Waals surface area contributed by atoms with E-state index in [0.29, 0.717) is 11.8 Å². The Bertz CT molecular complexity index is 705. The Morgan fingerprint density at radius 1 is 0.625 bits per heavy atom. The fraction of sp³-hybridized carbons (Fsp3) is 0.786. The van der Waals surface area contributed by atoms with E-state index in [0.717, 1.165) is 37.2 Å². The van der Waals surface area contributed by atoms with Gasteiger partial charge in [0, 0.05) is 47.8 Å². The second-order valence-electron chi connectivity index (χ2n) is 12.9. The number of nitrogens with one attached hydrogen (secondary N) is 2. The molecule has 4 unspecified atom stereocenters. The lowest BCUT2D eigenvalue weighted by atomic mass is 9.74. The van der Waals surface area contributed by atoms with Gasteiger partial charge in [0.05, 0.1) is 0 Å². The van der Waals surface area contributed by atoms with E-state index in [1.807, 2.05) is 0 Å². The molecular weight excluding hydrogens is 396 g/mol. The Hall–Kier alpha value is -1.26. The summed E-state index contributed by atoms with van der Waals surface area (Å²) in [6, 6.07) is 8.30. The highest BCUT2D eigenvalue weighted by atomic mass is 16.5. The summed E-state index contributed by atoms with van der Waals surface area (Å²) < 4.78 is 12.9. The smallest absolute Gasteiger partial charge is 0.119 e. The summed E-state index contributed by atoms with van der Waals surface area (Å²) in [4.78, 5) is 0. The minimum absolute atomic E-state index is 0.0654. The maximum absolute atomic E-state index is 6.47. The van der Waals surface area contributed by atoms with Crippen LogP contribution in [0.25, 0.3) is 0 Å². The number of piperidine rings is 2. The van der Waals surface area contributed by atoms with E-state index >= 15 is 0 Å². The SMILES string of the molecule is CC(C)C1(C)CC(Oc2ccc(OC3CC(C)(C)NC(C)(C(C)C)C3)cc2)CC(C)(C)N1. The highest BCUT2D eigenvalue weighted by Crippen LogP contribution is 2.37. The average Bonchev–Trinajstić information content (AvgIpc) is 2.60. The molecule has 4 atom stereocenters. The zero-order valence-electron chi connectivity index (χ0n) is 22.3. The molecule has 2 heterocycles. The third-order valence-electron chi connectivity index (χ3n) is 8.01. The van der Waals surface area contributed by atoms with E-state index in [-0.39, 0.29) is 34.4 Å². The fourth-order valence-electron chi connectivity index (χ4n) is 5.89. The van der Waals surface area contributed by atoms with Gasteiger partial charge in [-0.2, -0.15) is 0 Å². The van der Waals surface area contributed by atoms with Gasteiger partial charge in [-0.25, -0.2) is 0 Å². The number of benzene rings is 1. The Kier molecular flexibility index (Phi) is 7.00. The first-order chi connectivity index (χ1) is 14.6. The molecule has 0 saturated carbocycles. The molecule has 0 aromatic heterocycles. The average molecular weight is 445 g/mol. The summed E-state index contributed by atoms with van der Waals surface area (Å²) in [5, 5.41) is 7.71. The molecule has 2 aliphatic rings. The van der Waals surface area contributed by atoms with Crippen LogP contribution < -0.4 is 20.1 Å². The van der Waals surface area contributed by atoms with Gasteiger partial charge >= 0.3 is 0 Å². The van der Waals surface area contributed by atoms with Gasteiger partial charge in [0.15, 0.2) is 0 Å². The van der Waals surface area contributed by atoms with E-state index in [4.69, 9.17) is 9.47 Å². The minimum atomic E-state index is 0.0654. The predicted octanol–water partition coefficient (Wildman–Crippen LogP) is 6.33. The highest BCUT2D eigenvalue weighted by Gasteiger charge is 2.44. The van der Waals surface area contributed by atoms with Crippen molar-refractivity contribution in [2.75, 3.05) is 0 Å². The molecule has 4 heteroatoms. The second kappa shape index (κ2) is 8.83. The normalized spacial score (nSPS) is 34.5. The molecule has 0 amide bonds. The quantitative estimate of drug-likeness (QED) is 0.538. The maximum Gasteiger partial charge on any atom is 0.119 e. The van der Waals surface area contributed by atoms with Crippen LogP contribution in [0, 0.1) is 11.8 Å². The minimum Gasteiger partial charge on any atom is -0.490 e. The van der Waals surface area contributed by atoms with Crippen LogP contribution in [0.1, 0.15) is 94.9 Å². The molecule has 4 nitrogen and oxygen atoms in total. The summed E-state index contributed by atoms with van der Waals surface area (Å²) in [6.07, 6.45) is 4.47. The zero-order chi connectivity index (χ0) is 23.9. The van der Waals surface area contributed by atoms with Crippen molar-refractivity contribution < 1.29 is 9.47 Å². The van der Waals surface area contributed by atoms with Crippen LogP contribution in [0.4, 0.5) is 0 Å². The van der Waals surface area contributed by atoms with Gasteiger partial charge in [-0.15, -0.1) is 0 Å². The molecule has 2 fully saturated rings. The molecule has 2 N–H and O–H groups in total. The topological polar surface area (TPSA) is 42.5 Å². The summed E-state index contributed by atoms with van der Waals surface area (Å²) in [5.74, 6) is 2.97. The Balaban J connectivity index is 1.65. The van der Waals surface area contributed by atoms with Crippen molar-refractivity contribution in [3.63, 3.8) is 0 Å². The Morgan fingerprint density at radius 2 is 0.938 bits per heavy atom. The van der Waals surface area contributed by atoms with Crippen molar-refractivity contribution >= 4 is 0 Å². The first-order valence-electron chi connectivity index (χ1n) is 12.6. The standard InChI is InChI=1S/C28H48N2O2/c1-19(2)27(9)17-23(15-25(5,6)29-27)31-21-11-13-22(14-12-21)32-24-16-26(7,8)30-28(10,18-24)20(3)4/h11-14,19-20,23-24,29-30H,15-18H2,1-10H3. The van der Waals surface area contributed by atoms with Crippen molar-refractivity contribution in [1.82, 2.24) is 10.6 Å². The molecule has 1 aromatic carbocycles. The van der Waals surface area contributed by atoms with Crippen molar-refractivity contribution in [2.45, 2.75) is 129 Å². The largest absolute Gasteiger partial charge is 0.490 e. The third kappa shape index (κ3) is 5.99. The van der Waals surface area contributed by atoms with Crippen LogP contribution in [0.5, 0.6) is 11.5 Å². The Labute approximate surface area is 197 Å². The first-order valence-corrected chi connectivity index (χ1v) is 12.6. The monoisotopic (exact) mass is 444 g/mol. The van der Waals surface area contributed by atoms with E-state index in [1.165, 1.54) is 0 Å². The molecule has 0 aliphatic carbocycles. The molecular formula is C28H48N2O2. The van der Waals surface area contributed by atoms with E-state index in [1.54, 1.807) is 0 Å². The fourth-order valence-corrected chi connectivity index (χ4v) is 5.89. The third-order valence-corrected chi connectivity index (χ3v) is 8.01. The lowest BCUT2D eigenvalue weighted by Gasteiger charge is -2.50. The zero-order valence-corrected chi connectivity index (χ0v) is 22.3. The van der Waals surface area contributed by atoms with Gasteiger partial charge in [-0.05, 0) is 77.6 Å². The van der Waals surface area contributed by atoms with Gasteiger partial charge < -0.3 is 20.1 Å². The van der Waals surface area contributed by atoms with E-state index < -0.39 is 0 Å². The van der Waals surface area contributed by atoms with Gasteiger partial charge in [-0.1, -0.05) is 27.7 Å². The van der Waals surface area contributed by atoms with E-state index in [2.05, 4.69) is 104 Å². The highest BCUT2D eigenvalue weighted by molar-refractivity contribution is 5.32. The van der Waals surface area contributed by atoms with Gasteiger partial charge in [0.1, 0.15) is 23.7 Å².